The van der Waals surface area contributed by atoms with Crippen LogP contribution in [-0.4, -0.2) is 23.7 Å². The molecule has 2 N–H and O–H groups in total. The zero-order valence-corrected chi connectivity index (χ0v) is 12.0. The number of nitrogens with one attached hydrogen (secondary N) is 1. The van der Waals surface area contributed by atoms with Gasteiger partial charge in [-0.1, -0.05) is 24.3 Å². The number of aliphatic hydroxyl groups excluding tert-OH is 1. The minimum absolute atomic E-state index is 0.0422. The van der Waals surface area contributed by atoms with Crippen molar-refractivity contribution in [3.63, 3.8) is 0 Å². The van der Waals surface area contributed by atoms with Crippen LogP contribution in [0.4, 0.5) is 0 Å². The normalized spacial score (nSPS) is 22.9. The monoisotopic (exact) mass is 273 g/mol. The number of benzene rings is 1. The Morgan fingerprint density at radius 2 is 2.00 bits per heavy atom. The summed E-state index contributed by atoms with van der Waals surface area (Å²) in [7, 11) is 0. The van der Waals surface area contributed by atoms with Gasteiger partial charge in [-0.3, -0.25) is 4.79 Å². The summed E-state index contributed by atoms with van der Waals surface area (Å²) in [5.41, 5.74) is 2.24. The Morgan fingerprint density at radius 3 is 2.70 bits per heavy atom. The molecule has 0 atom stereocenters. The number of amides is 1. The van der Waals surface area contributed by atoms with Crippen LogP contribution in [0.25, 0.3) is 6.08 Å². The van der Waals surface area contributed by atoms with Crippen LogP contribution in [0.2, 0.25) is 0 Å². The fourth-order valence-electron chi connectivity index (χ4n) is 2.59. The Bertz CT molecular complexity index is 474. The number of carbonyl (C=O) groups excluding carboxylic acids is 1. The Labute approximate surface area is 120 Å². The average molecular weight is 273 g/mol. The van der Waals surface area contributed by atoms with Crippen molar-refractivity contribution in [2.75, 3.05) is 6.54 Å². The topological polar surface area (TPSA) is 49.3 Å². The molecule has 3 nitrogen and oxygen atoms in total. The lowest BCUT2D eigenvalue weighted by Crippen LogP contribution is -2.31. The van der Waals surface area contributed by atoms with Gasteiger partial charge in [-0.15, -0.1) is 0 Å². The molecule has 2 rings (SSSR count). The fraction of sp³-hybridized carbons (Fsp3) is 0.471. The molecule has 0 saturated heterocycles. The predicted molar refractivity (Wildman–Crippen MR) is 81.2 cm³/mol. The summed E-state index contributed by atoms with van der Waals surface area (Å²) in [4.78, 5) is 11.8. The highest BCUT2D eigenvalue weighted by Gasteiger charge is 2.19. The molecule has 1 amide bonds. The smallest absolute Gasteiger partial charge is 0.244 e. The van der Waals surface area contributed by atoms with E-state index in [1.165, 1.54) is 0 Å². The third-order valence-electron chi connectivity index (χ3n) is 3.98. The van der Waals surface area contributed by atoms with E-state index in [4.69, 9.17) is 0 Å². The second kappa shape index (κ2) is 7.25. The van der Waals surface area contributed by atoms with E-state index in [1.54, 1.807) is 6.08 Å². The maximum Gasteiger partial charge on any atom is 0.244 e. The molecule has 0 unspecified atom stereocenters. The van der Waals surface area contributed by atoms with Crippen LogP contribution >= 0.6 is 0 Å². The maximum absolute atomic E-state index is 11.8. The van der Waals surface area contributed by atoms with Crippen molar-refractivity contribution in [2.45, 2.75) is 38.7 Å². The van der Waals surface area contributed by atoms with E-state index in [1.807, 2.05) is 37.3 Å². The predicted octanol–water partition coefficient (Wildman–Crippen LogP) is 2.68. The molecule has 0 heterocycles. The standard InChI is InChI=1S/C17H23NO2/c1-13-4-2-3-5-15(13)8-11-17(20)18-12-14-6-9-16(19)10-7-14/h2-5,8,11,14,16,19H,6-7,9-10,12H2,1H3,(H,18,20)/b11-8+. The number of hydrogen-bond acceptors (Lipinski definition) is 2. The van der Waals surface area contributed by atoms with Crippen molar-refractivity contribution in [2.24, 2.45) is 5.92 Å². The molecule has 108 valence electrons. The SMILES string of the molecule is Cc1ccccc1/C=C/C(=O)NCC1CCC(O)CC1. The first-order valence-corrected chi connectivity index (χ1v) is 7.35. The van der Waals surface area contributed by atoms with Crippen LogP contribution < -0.4 is 5.32 Å². The lowest BCUT2D eigenvalue weighted by Gasteiger charge is -2.25. The Morgan fingerprint density at radius 1 is 1.30 bits per heavy atom. The molecular weight excluding hydrogens is 250 g/mol. The molecule has 0 aliphatic heterocycles. The molecule has 0 bridgehead atoms. The van der Waals surface area contributed by atoms with Crippen LogP contribution in [0, 0.1) is 12.8 Å². The summed E-state index contributed by atoms with van der Waals surface area (Å²) in [6.07, 6.45) is 7.04. The third kappa shape index (κ3) is 4.49. The largest absolute Gasteiger partial charge is 0.393 e. The van der Waals surface area contributed by atoms with Crippen LogP contribution in [-0.2, 0) is 4.79 Å². The number of carbonyl (C=O) groups is 1. The zero-order chi connectivity index (χ0) is 14.4. The molecule has 1 aromatic rings. The van der Waals surface area contributed by atoms with Crippen LogP contribution in [0.5, 0.6) is 0 Å². The molecule has 1 aliphatic rings. The van der Waals surface area contributed by atoms with Crippen molar-refractivity contribution in [3.8, 4) is 0 Å². The van der Waals surface area contributed by atoms with Gasteiger partial charge in [0.05, 0.1) is 6.10 Å². The Balaban J connectivity index is 1.77. The first-order valence-electron chi connectivity index (χ1n) is 7.35. The Hall–Kier alpha value is -1.61. The number of rotatable bonds is 4. The van der Waals surface area contributed by atoms with E-state index in [0.717, 1.165) is 36.8 Å². The van der Waals surface area contributed by atoms with Crippen LogP contribution in [0.15, 0.2) is 30.3 Å². The number of aliphatic hydroxyl groups is 1. The average Bonchev–Trinajstić information content (AvgIpc) is 2.46. The number of aryl methyl sites for hydroxylation is 1. The molecule has 1 saturated carbocycles. The molecule has 1 aliphatic carbocycles. The zero-order valence-electron chi connectivity index (χ0n) is 12.0. The van der Waals surface area contributed by atoms with E-state index in [-0.39, 0.29) is 12.0 Å². The quantitative estimate of drug-likeness (QED) is 0.829. The van der Waals surface area contributed by atoms with Gasteiger partial charge in [-0.25, -0.2) is 0 Å². The molecule has 0 spiro atoms. The van der Waals surface area contributed by atoms with E-state index in [9.17, 15) is 9.90 Å². The molecule has 20 heavy (non-hydrogen) atoms. The van der Waals surface area contributed by atoms with E-state index in [0.29, 0.717) is 12.5 Å². The van der Waals surface area contributed by atoms with Gasteiger partial charge in [-0.2, -0.15) is 0 Å². The molecular formula is C17H23NO2. The third-order valence-corrected chi connectivity index (χ3v) is 3.98. The summed E-state index contributed by atoms with van der Waals surface area (Å²) in [5, 5.41) is 12.4. The summed E-state index contributed by atoms with van der Waals surface area (Å²) >= 11 is 0. The van der Waals surface area contributed by atoms with Gasteiger partial charge in [0.2, 0.25) is 5.91 Å². The van der Waals surface area contributed by atoms with Crippen molar-refractivity contribution in [1.29, 1.82) is 0 Å². The van der Waals surface area contributed by atoms with Gasteiger partial charge in [0.15, 0.2) is 0 Å². The van der Waals surface area contributed by atoms with Gasteiger partial charge in [-0.05, 0) is 55.7 Å². The molecule has 0 aromatic heterocycles. The second-order valence-corrected chi connectivity index (χ2v) is 5.61. The van der Waals surface area contributed by atoms with E-state index < -0.39 is 0 Å². The molecule has 1 aromatic carbocycles. The molecule has 1 fully saturated rings. The minimum atomic E-state index is -0.136. The van der Waals surface area contributed by atoms with Crippen molar-refractivity contribution in [3.05, 3.63) is 41.5 Å². The van der Waals surface area contributed by atoms with Crippen molar-refractivity contribution in [1.82, 2.24) is 5.32 Å². The first-order chi connectivity index (χ1) is 9.65. The lowest BCUT2D eigenvalue weighted by molar-refractivity contribution is -0.116. The van der Waals surface area contributed by atoms with Gasteiger partial charge in [0.25, 0.3) is 0 Å². The van der Waals surface area contributed by atoms with Gasteiger partial charge in [0, 0.05) is 12.6 Å². The van der Waals surface area contributed by atoms with Crippen molar-refractivity contribution >= 4 is 12.0 Å². The molecule has 3 heteroatoms. The van der Waals surface area contributed by atoms with E-state index in [2.05, 4.69) is 5.32 Å². The minimum Gasteiger partial charge on any atom is -0.393 e. The summed E-state index contributed by atoms with van der Waals surface area (Å²) < 4.78 is 0. The lowest BCUT2D eigenvalue weighted by atomic mass is 9.87. The summed E-state index contributed by atoms with van der Waals surface area (Å²) in [6.45, 7) is 2.74. The van der Waals surface area contributed by atoms with E-state index >= 15 is 0 Å². The highest BCUT2D eigenvalue weighted by atomic mass is 16.3. The second-order valence-electron chi connectivity index (χ2n) is 5.61. The van der Waals surface area contributed by atoms with Gasteiger partial charge in [0.1, 0.15) is 0 Å². The highest BCUT2D eigenvalue weighted by molar-refractivity contribution is 5.91. The highest BCUT2D eigenvalue weighted by Crippen LogP contribution is 2.23. The molecule has 0 radical (unpaired) electrons. The maximum atomic E-state index is 11.8. The van der Waals surface area contributed by atoms with Gasteiger partial charge < -0.3 is 10.4 Å². The van der Waals surface area contributed by atoms with Crippen LogP contribution in [0.3, 0.4) is 0 Å². The first kappa shape index (κ1) is 14.8. The number of hydrogen-bond donors (Lipinski definition) is 2. The van der Waals surface area contributed by atoms with Crippen molar-refractivity contribution < 1.29 is 9.90 Å². The Kier molecular flexibility index (Phi) is 5.36. The van der Waals surface area contributed by atoms with Gasteiger partial charge >= 0.3 is 0 Å². The van der Waals surface area contributed by atoms with Crippen LogP contribution in [0.1, 0.15) is 36.8 Å². The summed E-state index contributed by atoms with van der Waals surface area (Å²) in [6, 6.07) is 7.99. The summed E-state index contributed by atoms with van der Waals surface area (Å²) in [5.74, 6) is 0.466. The fourth-order valence-corrected chi connectivity index (χ4v) is 2.59.